The van der Waals surface area contributed by atoms with Crippen molar-refractivity contribution < 1.29 is 30.8 Å². The van der Waals surface area contributed by atoms with Crippen molar-refractivity contribution in [2.24, 2.45) is 0 Å². The molecule has 0 atom stereocenters. The monoisotopic (exact) mass is 496 g/mol. The van der Waals surface area contributed by atoms with Gasteiger partial charge in [-0.15, -0.1) is 0 Å². The molecule has 0 radical (unpaired) electrons. The smallest absolute Gasteiger partial charge is 0.368 e. The van der Waals surface area contributed by atoms with Crippen molar-refractivity contribution >= 4 is 27.4 Å². The Hall–Kier alpha value is -3.67. The van der Waals surface area contributed by atoms with E-state index < -0.39 is 33.5 Å². The molecule has 7 nitrogen and oxygen atoms in total. The van der Waals surface area contributed by atoms with Gasteiger partial charge in [0.1, 0.15) is 11.6 Å². The number of carbonyl (C=O) groups excluding carboxylic acids is 1. The maximum absolute atomic E-state index is 13.8. The van der Waals surface area contributed by atoms with Crippen LogP contribution in [0, 0.1) is 12.7 Å². The molecule has 1 aromatic heterocycles. The van der Waals surface area contributed by atoms with Gasteiger partial charge in [-0.25, -0.2) is 17.8 Å². The van der Waals surface area contributed by atoms with Crippen molar-refractivity contribution in [3.63, 3.8) is 0 Å². The van der Waals surface area contributed by atoms with Crippen LogP contribution in [0.5, 0.6) is 0 Å². The Morgan fingerprint density at radius 3 is 2.47 bits per heavy atom. The molecule has 0 spiro atoms. The molecule has 0 saturated carbocycles. The molecular formula is C22H20F4N4O3S. The standard InChI is InChI=1S/C22H20F4N4O3S/c1-14-8-9-15(34(32,33)30-19-7-3-2-6-18(19)23)13-16(14)21(31)29-12-11-28-20-17(22(24,25)26)5-4-10-27-20/h2-10,13,30H,11-12H2,1H3,(H,27,28)(H,29,31). The Morgan fingerprint density at radius 1 is 1.03 bits per heavy atom. The summed E-state index contributed by atoms with van der Waals surface area (Å²) in [6.07, 6.45) is -3.37. The van der Waals surface area contributed by atoms with E-state index in [0.717, 1.165) is 18.2 Å². The average Bonchev–Trinajstić information content (AvgIpc) is 2.78. The third-order valence-corrected chi connectivity index (χ3v) is 6.06. The van der Waals surface area contributed by atoms with Crippen LogP contribution in [0.1, 0.15) is 21.5 Å². The van der Waals surface area contributed by atoms with Crippen LogP contribution >= 0.6 is 0 Å². The highest BCUT2D eigenvalue weighted by Gasteiger charge is 2.34. The maximum Gasteiger partial charge on any atom is 0.419 e. The minimum atomic E-state index is -4.58. The zero-order chi connectivity index (χ0) is 24.9. The summed E-state index contributed by atoms with van der Waals surface area (Å²) < 4.78 is 80.3. The summed E-state index contributed by atoms with van der Waals surface area (Å²) in [6.45, 7) is 1.48. The number of hydrogen-bond donors (Lipinski definition) is 3. The highest BCUT2D eigenvalue weighted by molar-refractivity contribution is 7.92. The molecule has 0 unspecified atom stereocenters. The van der Waals surface area contributed by atoms with Gasteiger partial charge in [0.05, 0.1) is 16.1 Å². The van der Waals surface area contributed by atoms with Gasteiger partial charge in [-0.2, -0.15) is 13.2 Å². The second-order valence-corrected chi connectivity index (χ2v) is 8.82. The summed E-state index contributed by atoms with van der Waals surface area (Å²) in [7, 11) is -4.19. The topological polar surface area (TPSA) is 100 Å². The van der Waals surface area contributed by atoms with Crippen LogP contribution in [-0.4, -0.2) is 32.4 Å². The lowest BCUT2D eigenvalue weighted by molar-refractivity contribution is -0.137. The molecule has 34 heavy (non-hydrogen) atoms. The summed E-state index contributed by atoms with van der Waals surface area (Å²) in [6, 6.07) is 11.1. The van der Waals surface area contributed by atoms with E-state index in [0.29, 0.717) is 5.56 Å². The normalized spacial score (nSPS) is 11.7. The number of carbonyl (C=O) groups is 1. The van der Waals surface area contributed by atoms with Crippen LogP contribution in [-0.2, 0) is 16.2 Å². The van der Waals surface area contributed by atoms with Crippen molar-refractivity contribution in [2.75, 3.05) is 23.1 Å². The summed E-state index contributed by atoms with van der Waals surface area (Å²) in [5.74, 6) is -1.75. The number of benzene rings is 2. The number of sulfonamides is 1. The minimum absolute atomic E-state index is 0.0465. The summed E-state index contributed by atoms with van der Waals surface area (Å²) in [4.78, 5) is 16.0. The Balaban J connectivity index is 1.67. The number of para-hydroxylation sites is 1. The van der Waals surface area contributed by atoms with Gasteiger partial charge in [-0.3, -0.25) is 9.52 Å². The predicted molar refractivity (Wildman–Crippen MR) is 118 cm³/mol. The number of hydrogen-bond acceptors (Lipinski definition) is 5. The Bertz CT molecular complexity index is 1300. The number of pyridine rings is 1. The molecule has 2 aromatic carbocycles. The second-order valence-electron chi connectivity index (χ2n) is 7.14. The van der Waals surface area contributed by atoms with Gasteiger partial charge in [-0.05, 0) is 48.9 Å². The van der Waals surface area contributed by atoms with Crippen LogP contribution in [0.25, 0.3) is 0 Å². The van der Waals surface area contributed by atoms with Gasteiger partial charge < -0.3 is 10.6 Å². The summed E-state index contributed by atoms with van der Waals surface area (Å²) in [5.41, 5.74) is -0.657. The van der Waals surface area contributed by atoms with E-state index in [-0.39, 0.29) is 35.1 Å². The SMILES string of the molecule is Cc1ccc(S(=O)(=O)Nc2ccccc2F)cc1C(=O)NCCNc1ncccc1C(F)(F)F. The molecule has 1 amide bonds. The Kier molecular flexibility index (Phi) is 7.40. The number of amides is 1. The van der Waals surface area contributed by atoms with Crippen LogP contribution < -0.4 is 15.4 Å². The van der Waals surface area contributed by atoms with E-state index >= 15 is 0 Å². The van der Waals surface area contributed by atoms with E-state index in [4.69, 9.17) is 0 Å². The predicted octanol–water partition coefficient (Wildman–Crippen LogP) is 4.19. The number of rotatable bonds is 8. The van der Waals surface area contributed by atoms with Crippen molar-refractivity contribution in [3.05, 3.63) is 83.3 Å². The molecule has 3 N–H and O–H groups in total. The minimum Gasteiger partial charge on any atom is -0.368 e. The fourth-order valence-corrected chi connectivity index (χ4v) is 4.08. The third-order valence-electron chi connectivity index (χ3n) is 4.70. The van der Waals surface area contributed by atoms with E-state index in [2.05, 4.69) is 20.3 Å². The molecule has 0 saturated heterocycles. The third kappa shape index (κ3) is 6.01. The van der Waals surface area contributed by atoms with E-state index in [1.165, 1.54) is 42.6 Å². The van der Waals surface area contributed by atoms with E-state index in [1.54, 1.807) is 6.92 Å². The van der Waals surface area contributed by atoms with Gasteiger partial charge in [0.2, 0.25) is 0 Å². The number of halogens is 4. The van der Waals surface area contributed by atoms with Crippen LogP contribution in [0.15, 0.2) is 65.7 Å². The summed E-state index contributed by atoms with van der Waals surface area (Å²) >= 11 is 0. The number of aryl methyl sites for hydroxylation is 1. The fraction of sp³-hybridized carbons (Fsp3) is 0.182. The van der Waals surface area contributed by atoms with Crippen LogP contribution in [0.2, 0.25) is 0 Å². The molecule has 12 heteroatoms. The second kappa shape index (κ2) is 10.1. The summed E-state index contributed by atoms with van der Waals surface area (Å²) in [5, 5.41) is 5.04. The van der Waals surface area contributed by atoms with E-state index in [9.17, 15) is 30.8 Å². The number of nitrogens with zero attached hydrogens (tertiary/aromatic N) is 1. The van der Waals surface area contributed by atoms with Gasteiger partial charge in [0, 0.05) is 24.8 Å². The lowest BCUT2D eigenvalue weighted by Gasteiger charge is -2.14. The maximum atomic E-state index is 13.8. The van der Waals surface area contributed by atoms with Gasteiger partial charge >= 0.3 is 6.18 Å². The molecule has 0 bridgehead atoms. The van der Waals surface area contributed by atoms with Gasteiger partial charge in [0.25, 0.3) is 15.9 Å². The van der Waals surface area contributed by atoms with Crippen LogP contribution in [0.4, 0.5) is 29.1 Å². The first-order chi connectivity index (χ1) is 16.0. The molecule has 3 aromatic rings. The lowest BCUT2D eigenvalue weighted by Crippen LogP contribution is -2.30. The molecule has 0 aliphatic carbocycles. The molecule has 180 valence electrons. The molecular weight excluding hydrogens is 476 g/mol. The van der Waals surface area contributed by atoms with Gasteiger partial charge in [-0.1, -0.05) is 18.2 Å². The van der Waals surface area contributed by atoms with Crippen LogP contribution in [0.3, 0.4) is 0 Å². The fourth-order valence-electron chi connectivity index (χ4n) is 2.99. The number of aromatic nitrogens is 1. The molecule has 0 aliphatic rings. The number of alkyl halides is 3. The first-order valence-electron chi connectivity index (χ1n) is 9.91. The number of nitrogens with one attached hydrogen (secondary N) is 3. The first-order valence-corrected chi connectivity index (χ1v) is 11.4. The first kappa shape index (κ1) is 25.0. The van der Waals surface area contributed by atoms with Crippen molar-refractivity contribution in [1.29, 1.82) is 0 Å². The average molecular weight is 496 g/mol. The quantitative estimate of drug-likeness (QED) is 0.321. The molecule has 1 heterocycles. The van der Waals surface area contributed by atoms with Crippen molar-refractivity contribution in [1.82, 2.24) is 10.3 Å². The molecule has 0 fully saturated rings. The van der Waals surface area contributed by atoms with Gasteiger partial charge in [0.15, 0.2) is 0 Å². The molecule has 0 aliphatic heterocycles. The zero-order valence-electron chi connectivity index (χ0n) is 17.8. The Morgan fingerprint density at radius 2 is 1.76 bits per heavy atom. The largest absolute Gasteiger partial charge is 0.419 e. The lowest BCUT2D eigenvalue weighted by atomic mass is 10.1. The van der Waals surface area contributed by atoms with Crippen molar-refractivity contribution in [2.45, 2.75) is 18.0 Å². The number of anilines is 2. The van der Waals surface area contributed by atoms with E-state index in [1.807, 2.05) is 0 Å². The molecule has 3 rings (SSSR count). The Labute approximate surface area is 193 Å². The highest BCUT2D eigenvalue weighted by Crippen LogP contribution is 2.33. The highest BCUT2D eigenvalue weighted by atomic mass is 32.2. The van der Waals surface area contributed by atoms with Crippen molar-refractivity contribution in [3.8, 4) is 0 Å². The zero-order valence-corrected chi connectivity index (χ0v) is 18.6.